The maximum absolute atomic E-state index is 12.4. The van der Waals surface area contributed by atoms with Crippen molar-refractivity contribution in [2.45, 2.75) is 17.5 Å². The van der Waals surface area contributed by atoms with Crippen LogP contribution in [0.25, 0.3) is 0 Å². The van der Waals surface area contributed by atoms with E-state index in [9.17, 15) is 13.2 Å². The van der Waals surface area contributed by atoms with Gasteiger partial charge in [-0.1, -0.05) is 34.7 Å². The maximum atomic E-state index is 12.4. The van der Waals surface area contributed by atoms with E-state index in [-0.39, 0.29) is 0 Å². The van der Waals surface area contributed by atoms with Crippen LogP contribution < -0.4 is 0 Å². The molecule has 1 rings (SSSR count). The van der Waals surface area contributed by atoms with Crippen molar-refractivity contribution in [3.63, 3.8) is 0 Å². The minimum Gasteiger partial charge on any atom is -0.166 e. The Hall–Kier alpha value is -0.260. The first-order valence-corrected chi connectivity index (χ1v) is 5.21. The Morgan fingerprint density at radius 2 is 1.92 bits per heavy atom. The van der Waals surface area contributed by atoms with Crippen molar-refractivity contribution in [3.8, 4) is 0 Å². The Morgan fingerprint density at radius 3 is 2.38 bits per heavy atom. The molecule has 0 aliphatic heterocycles. The minimum absolute atomic E-state index is 0.337. The number of rotatable bonds is 1. The van der Waals surface area contributed by atoms with Crippen molar-refractivity contribution in [1.82, 2.24) is 0 Å². The summed E-state index contributed by atoms with van der Waals surface area (Å²) in [5.41, 5.74) is 0.557. The van der Waals surface area contributed by atoms with Gasteiger partial charge in [-0.15, -0.1) is 0 Å². The van der Waals surface area contributed by atoms with Crippen molar-refractivity contribution in [2.24, 2.45) is 0 Å². The fourth-order valence-corrected chi connectivity index (χ4v) is 1.96. The lowest BCUT2D eigenvalue weighted by molar-refractivity contribution is -0.138. The molecule has 1 aromatic carbocycles. The predicted molar refractivity (Wildman–Crippen MR) is 53.9 cm³/mol. The van der Waals surface area contributed by atoms with E-state index in [2.05, 4.69) is 22.6 Å². The van der Waals surface area contributed by atoms with Crippen LogP contribution in [-0.2, 0) is 10.6 Å². The Balaban J connectivity index is 3.24. The Kier molecular flexibility index (Phi) is 3.21. The molecule has 0 amide bonds. The van der Waals surface area contributed by atoms with Crippen LogP contribution in [0.2, 0.25) is 0 Å². The summed E-state index contributed by atoms with van der Waals surface area (Å²) in [7, 11) is 0. The van der Waals surface area contributed by atoms with Crippen molar-refractivity contribution in [2.75, 3.05) is 0 Å². The molecule has 0 aliphatic rings. The topological polar surface area (TPSA) is 0 Å². The molecule has 0 unspecified atom stereocenters. The fraction of sp³-hybridized carbons (Fsp3) is 0.333. The second kappa shape index (κ2) is 3.86. The fourth-order valence-electron chi connectivity index (χ4n) is 1.14. The Labute approximate surface area is 88.3 Å². The van der Waals surface area contributed by atoms with Crippen molar-refractivity contribution in [1.29, 1.82) is 0 Å². The normalized spacial score (nSPS) is 11.8. The van der Waals surface area contributed by atoms with E-state index in [1.54, 1.807) is 6.07 Å². The van der Waals surface area contributed by atoms with Gasteiger partial charge >= 0.3 is 6.18 Å². The predicted octanol–water partition coefficient (Wildman–Crippen LogP) is 3.95. The Bertz CT molecular complexity index is 304. The van der Waals surface area contributed by atoms with Gasteiger partial charge in [-0.3, -0.25) is 0 Å². The average Bonchev–Trinajstić information content (AvgIpc) is 2.02. The second-order valence-electron chi connectivity index (χ2n) is 2.72. The molecule has 1 aromatic rings. The molecular formula is C9H8F3I. The van der Waals surface area contributed by atoms with E-state index in [1.807, 2.05) is 0 Å². The first-order chi connectivity index (χ1) is 5.96. The van der Waals surface area contributed by atoms with Gasteiger partial charge in [-0.25, -0.2) is 0 Å². The van der Waals surface area contributed by atoms with Crippen LogP contribution in [0.15, 0.2) is 18.2 Å². The van der Waals surface area contributed by atoms with Crippen molar-refractivity contribution in [3.05, 3.63) is 34.9 Å². The molecular weight excluding hydrogens is 292 g/mol. The molecule has 0 heterocycles. The maximum Gasteiger partial charge on any atom is 0.416 e. The van der Waals surface area contributed by atoms with Crippen molar-refractivity contribution < 1.29 is 13.2 Å². The van der Waals surface area contributed by atoms with Gasteiger partial charge in [-0.2, -0.15) is 13.2 Å². The lowest BCUT2D eigenvalue weighted by Gasteiger charge is -2.12. The summed E-state index contributed by atoms with van der Waals surface area (Å²) in [5.74, 6) is 0. The van der Waals surface area contributed by atoms with Gasteiger partial charge in [-0.05, 0) is 24.1 Å². The quantitative estimate of drug-likeness (QED) is 0.544. The standard InChI is InChI=1S/C9H8F3I/c1-6-7(5-13)3-2-4-8(6)9(10,11)12/h2-4H,5H2,1H3. The molecule has 0 aromatic heterocycles. The lowest BCUT2D eigenvalue weighted by Crippen LogP contribution is -2.08. The van der Waals surface area contributed by atoms with Crippen LogP contribution in [0.5, 0.6) is 0 Å². The van der Waals surface area contributed by atoms with Gasteiger partial charge < -0.3 is 0 Å². The van der Waals surface area contributed by atoms with Gasteiger partial charge in [0, 0.05) is 4.43 Å². The molecule has 0 spiro atoms. The van der Waals surface area contributed by atoms with E-state index in [1.165, 1.54) is 13.0 Å². The summed E-state index contributed by atoms with van der Waals surface area (Å²) in [5, 5.41) is 0. The molecule has 0 fully saturated rings. The van der Waals surface area contributed by atoms with Crippen LogP contribution in [0.1, 0.15) is 16.7 Å². The molecule has 0 saturated carbocycles. The number of hydrogen-bond acceptors (Lipinski definition) is 0. The van der Waals surface area contributed by atoms with E-state index < -0.39 is 11.7 Å². The monoisotopic (exact) mass is 300 g/mol. The zero-order valence-electron chi connectivity index (χ0n) is 6.95. The van der Waals surface area contributed by atoms with E-state index >= 15 is 0 Å². The molecule has 0 atom stereocenters. The summed E-state index contributed by atoms with van der Waals surface area (Å²) >= 11 is 2.06. The Morgan fingerprint density at radius 1 is 1.31 bits per heavy atom. The zero-order valence-corrected chi connectivity index (χ0v) is 9.11. The molecule has 0 aliphatic carbocycles. The highest BCUT2D eigenvalue weighted by atomic mass is 127. The summed E-state index contributed by atoms with van der Waals surface area (Å²) in [6.45, 7) is 1.51. The van der Waals surface area contributed by atoms with Gasteiger partial charge in [0.25, 0.3) is 0 Å². The van der Waals surface area contributed by atoms with Gasteiger partial charge in [0.1, 0.15) is 0 Å². The number of hydrogen-bond donors (Lipinski definition) is 0. The lowest BCUT2D eigenvalue weighted by atomic mass is 10.0. The molecule has 0 saturated heterocycles. The average molecular weight is 300 g/mol. The molecule has 72 valence electrons. The molecule has 13 heavy (non-hydrogen) atoms. The molecule has 0 N–H and O–H groups in total. The van der Waals surface area contributed by atoms with E-state index in [0.29, 0.717) is 9.99 Å². The van der Waals surface area contributed by atoms with E-state index in [0.717, 1.165) is 11.6 Å². The highest BCUT2D eigenvalue weighted by Crippen LogP contribution is 2.33. The van der Waals surface area contributed by atoms with Crippen LogP contribution in [0, 0.1) is 6.92 Å². The smallest absolute Gasteiger partial charge is 0.166 e. The summed E-state index contributed by atoms with van der Waals surface area (Å²) < 4.78 is 37.7. The third-order valence-electron chi connectivity index (χ3n) is 1.90. The molecule has 0 bridgehead atoms. The van der Waals surface area contributed by atoms with Gasteiger partial charge in [0.15, 0.2) is 0 Å². The summed E-state index contributed by atoms with van der Waals surface area (Å²) in [6.07, 6.45) is -4.23. The first kappa shape index (κ1) is 10.8. The summed E-state index contributed by atoms with van der Waals surface area (Å²) in [4.78, 5) is 0. The molecule has 0 radical (unpaired) electrons. The second-order valence-corrected chi connectivity index (χ2v) is 3.48. The van der Waals surface area contributed by atoms with E-state index in [4.69, 9.17) is 0 Å². The van der Waals surface area contributed by atoms with Crippen molar-refractivity contribution >= 4 is 22.6 Å². The molecule has 0 nitrogen and oxygen atoms in total. The highest BCUT2D eigenvalue weighted by molar-refractivity contribution is 14.1. The zero-order chi connectivity index (χ0) is 10.1. The SMILES string of the molecule is Cc1c(CI)cccc1C(F)(F)F. The number of halogens is 4. The summed E-state index contributed by atoms with van der Waals surface area (Å²) in [6, 6.07) is 4.28. The first-order valence-electron chi connectivity index (χ1n) is 3.68. The van der Waals surface area contributed by atoms with Crippen LogP contribution >= 0.6 is 22.6 Å². The van der Waals surface area contributed by atoms with Crippen LogP contribution in [0.4, 0.5) is 13.2 Å². The third kappa shape index (κ3) is 2.36. The van der Waals surface area contributed by atoms with Crippen LogP contribution in [-0.4, -0.2) is 0 Å². The van der Waals surface area contributed by atoms with Gasteiger partial charge in [0.05, 0.1) is 5.56 Å². The highest BCUT2D eigenvalue weighted by Gasteiger charge is 2.32. The number of benzene rings is 1. The third-order valence-corrected chi connectivity index (χ3v) is 2.72. The minimum atomic E-state index is -4.23. The number of alkyl halides is 4. The van der Waals surface area contributed by atoms with Gasteiger partial charge in [0.2, 0.25) is 0 Å². The largest absolute Gasteiger partial charge is 0.416 e. The molecule has 4 heteroatoms. The van der Waals surface area contributed by atoms with Crippen LogP contribution in [0.3, 0.4) is 0 Å².